The Morgan fingerprint density at radius 2 is 1.80 bits per heavy atom. The number of halogens is 1. The fraction of sp³-hybridized carbons (Fsp3) is 0.615. The minimum absolute atomic E-state index is 0.361. The van der Waals surface area contributed by atoms with Crippen molar-refractivity contribution in [1.29, 1.82) is 0 Å². The maximum atomic E-state index is 14.1. The molecule has 2 aliphatic heterocycles. The molecule has 0 aliphatic carbocycles. The zero-order chi connectivity index (χ0) is 24.5. The Labute approximate surface area is 207 Å². The summed E-state index contributed by atoms with van der Waals surface area (Å²) < 4.78 is 14.1. The van der Waals surface area contributed by atoms with Gasteiger partial charge >= 0.3 is 0 Å². The van der Waals surface area contributed by atoms with Gasteiger partial charge < -0.3 is 21.3 Å². The normalized spacial score (nSPS) is 22.6. The third-order valence-electron chi connectivity index (χ3n) is 7.11. The molecule has 190 valence electrons. The summed E-state index contributed by atoms with van der Waals surface area (Å²) in [6, 6.07) is 3.56. The first-order chi connectivity index (χ1) is 17.1. The van der Waals surface area contributed by atoms with Crippen LogP contribution >= 0.6 is 0 Å². The molecule has 1 amide bonds. The first kappa shape index (κ1) is 25.3. The number of carbonyl (C=O) groups excluding carboxylic acids is 1. The molecule has 0 saturated carbocycles. The van der Waals surface area contributed by atoms with Gasteiger partial charge in [0.25, 0.3) is 5.91 Å². The van der Waals surface area contributed by atoms with Crippen LogP contribution in [-0.4, -0.2) is 46.5 Å². The van der Waals surface area contributed by atoms with Gasteiger partial charge in [0.05, 0.1) is 11.9 Å². The Kier molecular flexibility index (Phi) is 9.22. The highest BCUT2D eigenvalue weighted by molar-refractivity contribution is 5.91. The highest BCUT2D eigenvalue weighted by atomic mass is 19.1. The molecule has 8 nitrogen and oxygen atoms in total. The second-order valence-corrected chi connectivity index (χ2v) is 9.90. The smallest absolute Gasteiger partial charge is 0.270 e. The van der Waals surface area contributed by atoms with E-state index < -0.39 is 11.7 Å². The minimum Gasteiger partial charge on any atom is -0.364 e. The largest absolute Gasteiger partial charge is 0.364 e. The molecule has 4 rings (SSSR count). The maximum Gasteiger partial charge on any atom is 0.270 e. The molecule has 2 unspecified atom stereocenters. The Bertz CT molecular complexity index is 950. The minimum atomic E-state index is -0.900. The van der Waals surface area contributed by atoms with Crippen LogP contribution in [0.25, 0.3) is 0 Å². The maximum absolute atomic E-state index is 14.1. The molecule has 2 aromatic heterocycles. The van der Waals surface area contributed by atoms with E-state index in [0.29, 0.717) is 23.6 Å². The number of anilines is 3. The molecule has 4 heterocycles. The molecule has 2 bridgehead atoms. The molecule has 35 heavy (non-hydrogen) atoms. The molecule has 2 fully saturated rings. The van der Waals surface area contributed by atoms with Crippen molar-refractivity contribution in [2.75, 3.05) is 29.9 Å². The van der Waals surface area contributed by atoms with Crippen molar-refractivity contribution < 1.29 is 9.18 Å². The van der Waals surface area contributed by atoms with Crippen LogP contribution in [0.1, 0.15) is 81.1 Å². The lowest BCUT2D eigenvalue weighted by Crippen LogP contribution is -2.41. The molecule has 2 saturated heterocycles. The number of amides is 1. The molecule has 4 N–H and O–H groups in total. The number of fused-ring (bicyclic) bond motifs is 3. The number of nitrogens with one attached hydrogen (secondary N) is 2. The zero-order valence-electron chi connectivity index (χ0n) is 20.5. The Morgan fingerprint density at radius 1 is 1.03 bits per heavy atom. The third kappa shape index (κ3) is 7.59. The van der Waals surface area contributed by atoms with Crippen LogP contribution in [0, 0.1) is 11.7 Å². The van der Waals surface area contributed by atoms with Gasteiger partial charge in [-0.1, -0.05) is 44.9 Å². The highest BCUT2D eigenvalue weighted by Crippen LogP contribution is 2.27. The summed E-state index contributed by atoms with van der Waals surface area (Å²) in [4.78, 5) is 26.5. The van der Waals surface area contributed by atoms with Gasteiger partial charge in [-0.2, -0.15) is 4.98 Å². The number of pyridine rings is 1. The van der Waals surface area contributed by atoms with Crippen molar-refractivity contribution >= 4 is 23.4 Å². The van der Waals surface area contributed by atoms with Crippen molar-refractivity contribution in [3.05, 3.63) is 36.0 Å². The lowest BCUT2D eigenvalue weighted by Gasteiger charge is -2.28. The predicted molar refractivity (Wildman–Crippen MR) is 136 cm³/mol. The summed E-state index contributed by atoms with van der Waals surface area (Å²) >= 11 is 0. The van der Waals surface area contributed by atoms with Gasteiger partial charge in [-0.05, 0) is 44.2 Å². The summed E-state index contributed by atoms with van der Waals surface area (Å²) in [5, 5.41) is 6.81. The van der Waals surface area contributed by atoms with Crippen molar-refractivity contribution in [3.63, 3.8) is 0 Å². The fourth-order valence-corrected chi connectivity index (χ4v) is 5.19. The van der Waals surface area contributed by atoms with Crippen molar-refractivity contribution in [1.82, 2.24) is 20.3 Å². The number of nitrogens with zero attached hydrogens (tertiary/aromatic N) is 4. The van der Waals surface area contributed by atoms with Crippen LogP contribution < -0.4 is 21.3 Å². The first-order valence-electron chi connectivity index (χ1n) is 13.1. The Morgan fingerprint density at radius 3 is 2.57 bits per heavy atom. The average molecular weight is 484 g/mol. The molecule has 2 aliphatic rings. The zero-order valence-corrected chi connectivity index (χ0v) is 20.5. The molecular formula is C26H38FN7O. The van der Waals surface area contributed by atoms with Gasteiger partial charge in [-0.15, -0.1) is 0 Å². The summed E-state index contributed by atoms with van der Waals surface area (Å²) in [7, 11) is 0. The van der Waals surface area contributed by atoms with Gasteiger partial charge in [-0.3, -0.25) is 4.79 Å². The van der Waals surface area contributed by atoms with Gasteiger partial charge in [0.1, 0.15) is 5.82 Å². The lowest BCUT2D eigenvalue weighted by molar-refractivity contribution is 0.0991. The van der Waals surface area contributed by atoms with E-state index in [9.17, 15) is 9.18 Å². The molecule has 2 atom stereocenters. The monoisotopic (exact) mass is 483 g/mol. The number of rotatable bonds is 4. The number of primary amides is 1. The van der Waals surface area contributed by atoms with Crippen molar-refractivity contribution in [2.24, 2.45) is 11.7 Å². The summed E-state index contributed by atoms with van der Waals surface area (Å²) in [5.74, 6) is 0.205. The van der Waals surface area contributed by atoms with Crippen molar-refractivity contribution in [2.45, 2.75) is 76.7 Å². The number of hydrogen-bond acceptors (Lipinski definition) is 7. The lowest BCUT2D eigenvalue weighted by atomic mass is 9.95. The van der Waals surface area contributed by atoms with Crippen LogP contribution in [-0.2, 0) is 0 Å². The van der Waals surface area contributed by atoms with Gasteiger partial charge in [-0.25, -0.2) is 14.4 Å². The van der Waals surface area contributed by atoms with Crippen LogP contribution in [0.3, 0.4) is 0 Å². The Hall–Kier alpha value is -2.81. The predicted octanol–water partition coefficient (Wildman–Crippen LogP) is 4.55. The second kappa shape index (κ2) is 12.8. The standard InChI is InChI=1S/C26H38FN7O/c27-22-15-21(16-31-24(22)25(28)35)32-26-30-14-12-23(33-26)34-17-19-9-7-5-3-1-2-4-6-8-13-29-20(18-34)11-10-19/h12,14-16,19-20,29H,1-11,13,17-18H2,(H2,28,35)(H,30,32,33). The third-order valence-corrected chi connectivity index (χ3v) is 7.11. The van der Waals surface area contributed by atoms with E-state index >= 15 is 0 Å². The van der Waals surface area contributed by atoms with E-state index in [1.807, 2.05) is 6.07 Å². The van der Waals surface area contributed by atoms with Crippen molar-refractivity contribution in [3.8, 4) is 0 Å². The fourth-order valence-electron chi connectivity index (χ4n) is 5.19. The second-order valence-electron chi connectivity index (χ2n) is 9.90. The number of nitrogens with two attached hydrogens (primary N) is 1. The van der Waals surface area contributed by atoms with Crippen LogP contribution in [0.5, 0.6) is 0 Å². The van der Waals surface area contributed by atoms with Gasteiger partial charge in [0.2, 0.25) is 5.95 Å². The van der Waals surface area contributed by atoms with Gasteiger partial charge in [0, 0.05) is 31.4 Å². The first-order valence-corrected chi connectivity index (χ1v) is 13.1. The summed E-state index contributed by atoms with van der Waals surface area (Å²) in [5.41, 5.74) is 5.12. The van der Waals surface area contributed by atoms with E-state index in [1.54, 1.807) is 6.20 Å². The molecule has 2 aromatic rings. The topological polar surface area (TPSA) is 109 Å². The van der Waals surface area contributed by atoms with E-state index in [0.717, 1.165) is 25.5 Å². The number of aromatic nitrogens is 3. The molecular weight excluding hydrogens is 445 g/mol. The van der Waals surface area contributed by atoms with Gasteiger partial charge in [0.15, 0.2) is 11.5 Å². The highest BCUT2D eigenvalue weighted by Gasteiger charge is 2.25. The van der Waals surface area contributed by atoms with E-state index in [1.165, 1.54) is 82.9 Å². The molecule has 0 aromatic carbocycles. The number of hydrogen-bond donors (Lipinski definition) is 3. The summed E-state index contributed by atoms with van der Waals surface area (Å²) in [6.07, 6.45) is 17.4. The van der Waals surface area contributed by atoms with Crippen LogP contribution in [0.15, 0.2) is 24.5 Å². The molecule has 9 heteroatoms. The van der Waals surface area contributed by atoms with E-state index in [2.05, 4.69) is 25.5 Å². The van der Waals surface area contributed by atoms with E-state index in [4.69, 9.17) is 10.7 Å². The van der Waals surface area contributed by atoms with E-state index in [-0.39, 0.29) is 5.69 Å². The molecule has 0 radical (unpaired) electrons. The molecule has 0 spiro atoms. The average Bonchev–Trinajstić information content (AvgIpc) is 3.05. The summed E-state index contributed by atoms with van der Waals surface area (Å²) in [6.45, 7) is 2.97. The number of carbonyl (C=O) groups is 1. The quantitative estimate of drug-likeness (QED) is 0.585. The van der Waals surface area contributed by atoms with Crippen LogP contribution in [0.2, 0.25) is 0 Å². The van der Waals surface area contributed by atoms with Crippen LogP contribution in [0.4, 0.5) is 21.8 Å². The Balaban J connectivity index is 1.47. The SMILES string of the molecule is NC(=O)c1ncc(Nc2nccc(N3CC4CCCCCCCCCCNC(CC4)C3)n2)cc1F.